The largest absolute Gasteiger partial charge is 0.227 e. The zero-order valence-corrected chi connectivity index (χ0v) is 25.6. The van der Waals surface area contributed by atoms with E-state index in [1.54, 1.807) is 0 Å². The highest BCUT2D eigenvalue weighted by Crippen LogP contribution is 2.64. The molecule has 1 unspecified atom stereocenters. The predicted octanol–water partition coefficient (Wildman–Crippen LogP) is 12.8. The minimum absolute atomic E-state index is 0.626. The highest BCUT2D eigenvalue weighted by atomic mass is 32.1. The van der Waals surface area contributed by atoms with E-state index in [1.165, 1.54) is 91.8 Å². The minimum Gasteiger partial charge on any atom is -0.227 e. The first-order valence-corrected chi connectivity index (χ1v) is 16.4. The summed E-state index contributed by atoms with van der Waals surface area (Å²) in [5.74, 6) is 0. The summed E-state index contributed by atoms with van der Waals surface area (Å²) in [4.78, 5) is 0. The lowest BCUT2D eigenvalue weighted by Gasteiger charge is -2.31. The summed E-state index contributed by atoms with van der Waals surface area (Å²) in [6.45, 7) is 0. The third-order valence-corrected chi connectivity index (χ3v) is 11.3. The third-order valence-electron chi connectivity index (χ3n) is 10.1. The Kier molecular flexibility index (Phi) is 5.08. The van der Waals surface area contributed by atoms with Crippen LogP contribution in [-0.4, -0.2) is 7.05 Å². The highest BCUT2D eigenvalue weighted by Gasteiger charge is 2.46. The zero-order valence-electron chi connectivity index (χ0n) is 24.8. The number of rotatable bonds is 2. The van der Waals surface area contributed by atoms with Crippen molar-refractivity contribution in [2.45, 2.75) is 0 Å². The summed E-state index contributed by atoms with van der Waals surface area (Å²) in [6.07, 6.45) is 0. The van der Waals surface area contributed by atoms with E-state index in [-0.39, 0.29) is 0 Å². The zero-order chi connectivity index (χ0) is 29.7. The standard InChI is InChI=1S/C43H28NS/c1-44(29-25-23-28(24-26-29)27-13-3-2-4-14-27)36-21-11-9-19-34(36)40-38-32-17-7-5-15-30(32)31-16-6-8-18-33(31)39(38)41-35-20-10-12-22-37(35)45-43(41)42(40)44/h2-26H,1H3/q+1. The van der Waals surface area contributed by atoms with Gasteiger partial charge in [-0.25, -0.2) is 4.48 Å². The molecule has 1 atom stereocenters. The van der Waals surface area contributed by atoms with Gasteiger partial charge >= 0.3 is 0 Å². The van der Waals surface area contributed by atoms with Gasteiger partial charge in [0.1, 0.15) is 5.69 Å². The Bertz CT molecular complexity index is 2650. The number of hydrogen-bond donors (Lipinski definition) is 0. The Balaban J connectivity index is 1.44. The van der Waals surface area contributed by atoms with Gasteiger partial charge in [-0.1, -0.05) is 109 Å². The van der Waals surface area contributed by atoms with E-state index in [0.29, 0.717) is 4.48 Å². The number of nitrogens with zero attached hydrogens (tertiary/aromatic N) is 1. The van der Waals surface area contributed by atoms with Crippen LogP contribution in [0.5, 0.6) is 0 Å². The molecule has 2 heterocycles. The van der Waals surface area contributed by atoms with Gasteiger partial charge in [-0.05, 0) is 56.9 Å². The van der Waals surface area contributed by atoms with Crippen LogP contribution in [0, 0.1) is 0 Å². The van der Waals surface area contributed by atoms with Crippen molar-refractivity contribution in [2.24, 2.45) is 0 Å². The van der Waals surface area contributed by atoms with Gasteiger partial charge in [-0.15, -0.1) is 11.3 Å². The normalized spacial score (nSPS) is 15.8. The van der Waals surface area contributed by atoms with Gasteiger partial charge in [-0.3, -0.25) is 0 Å². The lowest BCUT2D eigenvalue weighted by molar-refractivity contribution is 0.648. The molecule has 8 aromatic carbocycles. The maximum absolute atomic E-state index is 2.40. The molecule has 0 fully saturated rings. The van der Waals surface area contributed by atoms with Gasteiger partial charge in [0.25, 0.3) is 0 Å². The molecule has 0 bridgehead atoms. The number of fused-ring (bicyclic) bond motifs is 15. The number of quaternary nitrogens is 1. The van der Waals surface area contributed by atoms with Gasteiger partial charge < -0.3 is 0 Å². The van der Waals surface area contributed by atoms with E-state index < -0.39 is 0 Å². The van der Waals surface area contributed by atoms with Gasteiger partial charge in [0, 0.05) is 44.4 Å². The Hall–Kier alpha value is -5.28. The maximum atomic E-state index is 2.40. The average Bonchev–Trinajstić information content (AvgIpc) is 3.62. The van der Waals surface area contributed by atoms with Gasteiger partial charge in [0.2, 0.25) is 0 Å². The van der Waals surface area contributed by atoms with E-state index in [1.807, 2.05) is 11.3 Å². The molecular weight excluding hydrogens is 563 g/mol. The molecule has 2 heteroatoms. The first-order valence-electron chi connectivity index (χ1n) is 15.6. The summed E-state index contributed by atoms with van der Waals surface area (Å²) < 4.78 is 3.34. The molecular formula is C43H28NS+. The molecule has 1 aliphatic heterocycles. The van der Waals surface area contributed by atoms with Crippen molar-refractivity contribution in [1.82, 2.24) is 4.48 Å². The van der Waals surface area contributed by atoms with Crippen molar-refractivity contribution in [2.75, 3.05) is 7.05 Å². The molecule has 0 radical (unpaired) electrons. The van der Waals surface area contributed by atoms with Crippen LogP contribution in [0.4, 0.5) is 17.1 Å². The molecule has 45 heavy (non-hydrogen) atoms. The fourth-order valence-electron chi connectivity index (χ4n) is 8.09. The highest BCUT2D eigenvalue weighted by molar-refractivity contribution is 7.26. The molecule has 1 aromatic heterocycles. The summed E-state index contributed by atoms with van der Waals surface area (Å²) in [5.41, 5.74) is 9.15. The summed E-state index contributed by atoms with van der Waals surface area (Å²) in [6, 6.07) is 56.1. The second kappa shape index (κ2) is 9.12. The summed E-state index contributed by atoms with van der Waals surface area (Å²) in [7, 11) is 2.40. The molecule has 9 aromatic rings. The van der Waals surface area contributed by atoms with Crippen LogP contribution in [0.2, 0.25) is 0 Å². The lowest BCUT2D eigenvalue weighted by atomic mass is 9.87. The second-order valence-corrected chi connectivity index (χ2v) is 13.4. The molecule has 0 amide bonds. The van der Waals surface area contributed by atoms with Crippen LogP contribution in [0.3, 0.4) is 0 Å². The third kappa shape index (κ3) is 3.25. The van der Waals surface area contributed by atoms with E-state index in [0.717, 1.165) is 0 Å². The van der Waals surface area contributed by atoms with Crippen molar-refractivity contribution >= 4 is 80.9 Å². The Morgan fingerprint density at radius 3 is 1.73 bits per heavy atom. The van der Waals surface area contributed by atoms with E-state index in [2.05, 4.69) is 159 Å². The Labute approximate surface area is 265 Å². The fourth-order valence-corrected chi connectivity index (χ4v) is 9.43. The molecule has 0 aliphatic carbocycles. The van der Waals surface area contributed by atoms with Crippen molar-refractivity contribution in [3.05, 3.63) is 152 Å². The van der Waals surface area contributed by atoms with Crippen molar-refractivity contribution in [3.63, 3.8) is 0 Å². The topological polar surface area (TPSA) is 0 Å². The fraction of sp³-hybridized carbons (Fsp3) is 0.0233. The van der Waals surface area contributed by atoms with Crippen molar-refractivity contribution in [1.29, 1.82) is 0 Å². The maximum Gasteiger partial charge on any atom is 0.169 e. The van der Waals surface area contributed by atoms with Crippen molar-refractivity contribution < 1.29 is 0 Å². The minimum atomic E-state index is 0.626. The summed E-state index contributed by atoms with van der Waals surface area (Å²) >= 11 is 1.95. The monoisotopic (exact) mass is 590 g/mol. The van der Waals surface area contributed by atoms with E-state index in [9.17, 15) is 0 Å². The molecule has 0 spiro atoms. The molecule has 0 N–H and O–H groups in total. The molecule has 0 saturated carbocycles. The molecule has 210 valence electrons. The first kappa shape index (κ1) is 25.1. The SMILES string of the molecule is C[N+]1(c2ccc(-c3ccccc3)cc2)c2ccccc2-c2c1c1sc3ccccc3c1c1c3ccccc3c3ccccc3c21. The number of para-hydroxylation sites is 1. The van der Waals surface area contributed by atoms with Crippen LogP contribution in [0.1, 0.15) is 0 Å². The molecule has 1 nitrogen and oxygen atoms in total. The smallest absolute Gasteiger partial charge is 0.169 e. The first-order chi connectivity index (χ1) is 22.2. The molecule has 1 aliphatic rings. The molecule has 0 saturated heterocycles. The van der Waals surface area contributed by atoms with Crippen LogP contribution < -0.4 is 4.48 Å². The number of thiophene rings is 1. The quantitative estimate of drug-likeness (QED) is 0.139. The average molecular weight is 591 g/mol. The van der Waals surface area contributed by atoms with Gasteiger partial charge in [0.15, 0.2) is 11.4 Å². The van der Waals surface area contributed by atoms with E-state index >= 15 is 0 Å². The Morgan fingerprint density at radius 2 is 1.00 bits per heavy atom. The summed E-state index contributed by atoms with van der Waals surface area (Å²) in [5, 5.41) is 10.7. The second-order valence-electron chi connectivity index (χ2n) is 12.3. The lowest BCUT2D eigenvalue weighted by Crippen LogP contribution is -2.31. The van der Waals surface area contributed by atoms with Gasteiger partial charge in [-0.2, -0.15) is 0 Å². The van der Waals surface area contributed by atoms with Crippen LogP contribution in [0.25, 0.3) is 74.7 Å². The van der Waals surface area contributed by atoms with Crippen LogP contribution >= 0.6 is 11.3 Å². The predicted molar refractivity (Wildman–Crippen MR) is 196 cm³/mol. The van der Waals surface area contributed by atoms with E-state index in [4.69, 9.17) is 0 Å². The molecule has 10 rings (SSSR count). The Morgan fingerprint density at radius 1 is 0.444 bits per heavy atom. The van der Waals surface area contributed by atoms with Crippen molar-refractivity contribution in [3.8, 4) is 22.3 Å². The van der Waals surface area contributed by atoms with Crippen LogP contribution in [-0.2, 0) is 0 Å². The van der Waals surface area contributed by atoms with Gasteiger partial charge in [0.05, 0.1) is 22.9 Å². The van der Waals surface area contributed by atoms with Crippen LogP contribution in [0.15, 0.2) is 152 Å². The number of benzene rings is 8. The number of hydrogen-bond acceptors (Lipinski definition) is 1.